The highest BCUT2D eigenvalue weighted by atomic mass is 16.3. The van der Waals surface area contributed by atoms with Gasteiger partial charge in [-0.15, -0.1) is 0 Å². The van der Waals surface area contributed by atoms with Crippen LogP contribution in [0.2, 0.25) is 0 Å². The minimum Gasteiger partial charge on any atom is -0.396 e. The Hall–Kier alpha value is -1.03. The molecule has 2 heterocycles. The van der Waals surface area contributed by atoms with Crippen molar-refractivity contribution in [2.75, 3.05) is 18.5 Å². The van der Waals surface area contributed by atoms with E-state index >= 15 is 0 Å². The van der Waals surface area contributed by atoms with Crippen LogP contribution in [0, 0.1) is 12.8 Å². The molecule has 0 spiro atoms. The van der Waals surface area contributed by atoms with E-state index in [9.17, 15) is 0 Å². The number of aryl methyl sites for hydroxylation is 1. The lowest BCUT2D eigenvalue weighted by atomic mass is 10.1. The van der Waals surface area contributed by atoms with Crippen molar-refractivity contribution >= 4 is 5.95 Å². The fourth-order valence-corrected chi connectivity index (χ4v) is 1.78. The predicted octanol–water partition coefficient (Wildman–Crippen LogP) is 0.616. The Morgan fingerprint density at radius 1 is 1.77 bits per heavy atom. The van der Waals surface area contributed by atoms with Crippen LogP contribution in [0.1, 0.15) is 12.1 Å². The van der Waals surface area contributed by atoms with Gasteiger partial charge in [0.1, 0.15) is 0 Å². The second kappa shape index (κ2) is 3.38. The van der Waals surface area contributed by atoms with Gasteiger partial charge in [-0.05, 0) is 19.3 Å². The van der Waals surface area contributed by atoms with Gasteiger partial charge in [0.15, 0.2) is 0 Å². The Morgan fingerprint density at radius 2 is 2.62 bits per heavy atom. The molecule has 0 radical (unpaired) electrons. The van der Waals surface area contributed by atoms with E-state index < -0.39 is 0 Å². The number of hydrogen-bond acceptors (Lipinski definition) is 3. The summed E-state index contributed by atoms with van der Waals surface area (Å²) < 4.78 is 2.12. The molecular weight excluding hydrogens is 166 g/mol. The van der Waals surface area contributed by atoms with Gasteiger partial charge in [-0.3, -0.25) is 0 Å². The molecule has 2 rings (SSSR count). The van der Waals surface area contributed by atoms with E-state index in [1.165, 1.54) is 0 Å². The lowest BCUT2D eigenvalue weighted by molar-refractivity contribution is 0.248. The largest absolute Gasteiger partial charge is 0.396 e. The average Bonchev–Trinajstić information content (AvgIpc) is 2.44. The molecule has 0 saturated carbocycles. The number of aliphatic hydroxyl groups excluding tert-OH is 1. The molecule has 0 aliphatic carbocycles. The summed E-state index contributed by atoms with van der Waals surface area (Å²) in [5.41, 5.74) is 1.05. The van der Waals surface area contributed by atoms with Crippen molar-refractivity contribution in [3.63, 3.8) is 0 Å². The summed E-state index contributed by atoms with van der Waals surface area (Å²) in [6.07, 6.45) is 2.91. The molecule has 0 fully saturated rings. The quantitative estimate of drug-likeness (QED) is 0.703. The number of fused-ring (bicyclic) bond motifs is 1. The monoisotopic (exact) mass is 181 g/mol. The lowest BCUT2D eigenvalue weighted by Gasteiger charge is -2.24. The lowest BCUT2D eigenvalue weighted by Crippen LogP contribution is -2.27. The SMILES string of the molecule is Cc1cn2c(n1)NCC(CCO)C2. The summed E-state index contributed by atoms with van der Waals surface area (Å²) in [6, 6.07) is 0. The van der Waals surface area contributed by atoms with Gasteiger partial charge in [0, 0.05) is 25.9 Å². The topological polar surface area (TPSA) is 50.1 Å². The molecule has 0 amide bonds. The van der Waals surface area contributed by atoms with Crippen molar-refractivity contribution < 1.29 is 5.11 Å². The second-order valence-electron chi connectivity index (χ2n) is 3.62. The zero-order valence-corrected chi connectivity index (χ0v) is 7.82. The number of aromatic nitrogens is 2. The molecule has 4 nitrogen and oxygen atoms in total. The summed E-state index contributed by atoms with van der Waals surface area (Å²) in [5.74, 6) is 1.50. The van der Waals surface area contributed by atoms with Gasteiger partial charge < -0.3 is 15.0 Å². The summed E-state index contributed by atoms with van der Waals surface area (Å²) in [5, 5.41) is 12.1. The predicted molar refractivity (Wildman–Crippen MR) is 50.6 cm³/mol. The highest BCUT2D eigenvalue weighted by Crippen LogP contribution is 2.19. The highest BCUT2D eigenvalue weighted by molar-refractivity contribution is 5.30. The molecule has 72 valence electrons. The molecular formula is C9H15N3O. The molecule has 1 aromatic heterocycles. The average molecular weight is 181 g/mol. The number of nitrogens with one attached hydrogen (secondary N) is 1. The third-order valence-corrected chi connectivity index (χ3v) is 2.44. The minimum absolute atomic E-state index is 0.273. The van der Waals surface area contributed by atoms with Crippen LogP contribution in [0.5, 0.6) is 0 Å². The molecule has 2 N–H and O–H groups in total. The molecule has 1 aromatic rings. The van der Waals surface area contributed by atoms with Gasteiger partial charge >= 0.3 is 0 Å². The van der Waals surface area contributed by atoms with Crippen molar-refractivity contribution in [2.45, 2.75) is 19.9 Å². The normalized spacial score (nSPS) is 20.9. The maximum absolute atomic E-state index is 8.82. The van der Waals surface area contributed by atoms with E-state index in [1.54, 1.807) is 0 Å². The number of aliphatic hydroxyl groups is 1. The maximum Gasteiger partial charge on any atom is 0.203 e. The maximum atomic E-state index is 8.82. The Labute approximate surface area is 77.6 Å². The molecule has 1 aliphatic heterocycles. The van der Waals surface area contributed by atoms with E-state index in [-0.39, 0.29) is 6.61 Å². The second-order valence-corrected chi connectivity index (χ2v) is 3.62. The van der Waals surface area contributed by atoms with Crippen LogP contribution in [0.4, 0.5) is 5.95 Å². The standard InChI is InChI=1S/C9H15N3O/c1-7-5-12-6-8(2-3-13)4-10-9(12)11-7/h5,8,13H,2-4,6H2,1H3,(H,10,11). The van der Waals surface area contributed by atoms with Crippen molar-refractivity contribution in [1.29, 1.82) is 0 Å². The van der Waals surface area contributed by atoms with Crippen LogP contribution in [0.15, 0.2) is 6.20 Å². The number of nitrogens with zero attached hydrogens (tertiary/aromatic N) is 2. The molecule has 0 saturated heterocycles. The third-order valence-electron chi connectivity index (χ3n) is 2.44. The van der Waals surface area contributed by atoms with Gasteiger partial charge in [-0.1, -0.05) is 0 Å². The molecule has 4 heteroatoms. The fraction of sp³-hybridized carbons (Fsp3) is 0.667. The Morgan fingerprint density at radius 3 is 3.38 bits per heavy atom. The zero-order chi connectivity index (χ0) is 9.26. The van der Waals surface area contributed by atoms with Gasteiger partial charge in [0.2, 0.25) is 5.95 Å². The summed E-state index contributed by atoms with van der Waals surface area (Å²) in [7, 11) is 0. The van der Waals surface area contributed by atoms with Crippen molar-refractivity contribution in [3.05, 3.63) is 11.9 Å². The first-order chi connectivity index (χ1) is 6.29. The zero-order valence-electron chi connectivity index (χ0n) is 7.82. The van der Waals surface area contributed by atoms with Crippen LogP contribution < -0.4 is 5.32 Å². The Balaban J connectivity index is 2.10. The van der Waals surface area contributed by atoms with Crippen molar-refractivity contribution in [3.8, 4) is 0 Å². The van der Waals surface area contributed by atoms with Gasteiger partial charge in [0.25, 0.3) is 0 Å². The number of imidazole rings is 1. The Bertz CT molecular complexity index is 295. The summed E-state index contributed by atoms with van der Waals surface area (Å²) >= 11 is 0. The van der Waals surface area contributed by atoms with Gasteiger partial charge in [-0.2, -0.15) is 0 Å². The van der Waals surface area contributed by atoms with E-state index in [4.69, 9.17) is 5.11 Å². The molecule has 0 aromatic carbocycles. The van der Waals surface area contributed by atoms with E-state index in [0.29, 0.717) is 5.92 Å². The van der Waals surface area contributed by atoms with Crippen molar-refractivity contribution in [1.82, 2.24) is 9.55 Å². The summed E-state index contributed by atoms with van der Waals surface area (Å²) in [6.45, 7) is 4.17. The Kier molecular flexibility index (Phi) is 2.22. The summed E-state index contributed by atoms with van der Waals surface area (Å²) in [4.78, 5) is 4.34. The highest BCUT2D eigenvalue weighted by Gasteiger charge is 2.18. The molecule has 0 bridgehead atoms. The smallest absolute Gasteiger partial charge is 0.203 e. The van der Waals surface area contributed by atoms with Gasteiger partial charge in [0.05, 0.1) is 5.69 Å². The number of anilines is 1. The number of hydrogen-bond donors (Lipinski definition) is 2. The first-order valence-corrected chi connectivity index (χ1v) is 4.68. The molecule has 1 unspecified atom stereocenters. The van der Waals surface area contributed by atoms with E-state index in [0.717, 1.165) is 31.2 Å². The van der Waals surface area contributed by atoms with Crippen LogP contribution in [-0.4, -0.2) is 27.8 Å². The van der Waals surface area contributed by atoms with Gasteiger partial charge in [-0.25, -0.2) is 4.98 Å². The minimum atomic E-state index is 0.273. The van der Waals surface area contributed by atoms with Crippen LogP contribution >= 0.6 is 0 Å². The first kappa shape index (κ1) is 8.56. The van der Waals surface area contributed by atoms with E-state index in [1.807, 2.05) is 13.1 Å². The third kappa shape index (κ3) is 1.67. The first-order valence-electron chi connectivity index (χ1n) is 4.68. The fourth-order valence-electron chi connectivity index (χ4n) is 1.78. The van der Waals surface area contributed by atoms with Crippen LogP contribution in [0.3, 0.4) is 0 Å². The van der Waals surface area contributed by atoms with Crippen LogP contribution in [-0.2, 0) is 6.54 Å². The van der Waals surface area contributed by atoms with Crippen LogP contribution in [0.25, 0.3) is 0 Å². The number of rotatable bonds is 2. The molecule has 1 aliphatic rings. The molecule has 1 atom stereocenters. The van der Waals surface area contributed by atoms with Crippen molar-refractivity contribution in [2.24, 2.45) is 5.92 Å². The van der Waals surface area contributed by atoms with E-state index in [2.05, 4.69) is 14.9 Å². The molecule has 13 heavy (non-hydrogen) atoms.